The van der Waals surface area contributed by atoms with Crippen LogP contribution in [0.3, 0.4) is 0 Å². The van der Waals surface area contributed by atoms with E-state index < -0.39 is 0 Å². The van der Waals surface area contributed by atoms with E-state index in [2.05, 4.69) is 10.3 Å². The van der Waals surface area contributed by atoms with Gasteiger partial charge in [-0.05, 0) is 32.7 Å². The van der Waals surface area contributed by atoms with Crippen LogP contribution in [0.4, 0.5) is 5.13 Å². The van der Waals surface area contributed by atoms with Crippen LogP contribution < -0.4 is 11.1 Å². The molecule has 0 aliphatic carbocycles. The van der Waals surface area contributed by atoms with E-state index >= 15 is 0 Å². The highest BCUT2D eigenvalue weighted by Gasteiger charge is 2.39. The van der Waals surface area contributed by atoms with Gasteiger partial charge < -0.3 is 16.0 Å². The average Bonchev–Trinajstić information content (AvgIpc) is 2.97. The zero-order chi connectivity index (χ0) is 14.2. The Kier molecular flexibility index (Phi) is 3.69. The molecule has 3 heterocycles. The highest BCUT2D eigenvalue weighted by Crippen LogP contribution is 2.35. The van der Waals surface area contributed by atoms with Gasteiger partial charge in [0.2, 0.25) is 5.91 Å². The van der Waals surface area contributed by atoms with Gasteiger partial charge in [-0.25, -0.2) is 4.98 Å². The van der Waals surface area contributed by atoms with Gasteiger partial charge in [0.05, 0.1) is 12.1 Å². The monoisotopic (exact) mass is 294 g/mol. The quantitative estimate of drug-likeness (QED) is 0.859. The van der Waals surface area contributed by atoms with Gasteiger partial charge in [0, 0.05) is 29.9 Å². The molecule has 1 aromatic rings. The Morgan fingerprint density at radius 2 is 2.40 bits per heavy atom. The number of hydrogen-bond acceptors (Lipinski definition) is 5. The largest absolute Gasteiger partial charge is 0.375 e. The molecule has 110 valence electrons. The van der Waals surface area contributed by atoms with Crippen molar-refractivity contribution in [2.75, 3.05) is 31.9 Å². The molecule has 20 heavy (non-hydrogen) atoms. The molecule has 1 aromatic heterocycles. The molecule has 1 atom stereocenters. The van der Waals surface area contributed by atoms with E-state index in [1.165, 1.54) is 24.2 Å². The fraction of sp³-hybridized carbons (Fsp3) is 0.714. The number of nitrogens with one attached hydrogen (secondary N) is 1. The molecule has 2 aliphatic rings. The number of piperidine rings is 1. The maximum atomic E-state index is 12.5. The van der Waals surface area contributed by atoms with Crippen LogP contribution >= 0.6 is 11.3 Å². The third-order valence-corrected chi connectivity index (χ3v) is 5.55. The van der Waals surface area contributed by atoms with Crippen LogP contribution in [0.1, 0.15) is 29.8 Å². The minimum Gasteiger partial charge on any atom is -0.375 e. The minimum absolute atomic E-state index is 0.225. The number of nitrogens with two attached hydrogens (primary N) is 1. The van der Waals surface area contributed by atoms with Crippen molar-refractivity contribution in [1.29, 1.82) is 0 Å². The van der Waals surface area contributed by atoms with E-state index in [1.54, 1.807) is 0 Å². The van der Waals surface area contributed by atoms with Gasteiger partial charge in [0.1, 0.15) is 0 Å². The first-order chi connectivity index (χ1) is 9.58. The standard InChI is InChI=1S/C14H22N4OS/c1-10-11(20-13(15)17-10)7-12(19)18-6-2-3-14(9-18)4-5-16-8-14/h16H,2-9H2,1H3,(H2,15,17)/t14-/m1/s1. The molecule has 3 N–H and O–H groups in total. The molecule has 0 saturated carbocycles. The molecule has 2 fully saturated rings. The Labute approximate surface area is 123 Å². The van der Waals surface area contributed by atoms with E-state index in [0.29, 0.717) is 17.0 Å². The molecule has 6 heteroatoms. The lowest BCUT2D eigenvalue weighted by molar-refractivity contribution is -0.133. The first-order valence-electron chi connectivity index (χ1n) is 7.28. The normalized spacial score (nSPS) is 26.4. The summed E-state index contributed by atoms with van der Waals surface area (Å²) in [5.41, 5.74) is 6.93. The number of amides is 1. The fourth-order valence-corrected chi connectivity index (χ4v) is 4.25. The van der Waals surface area contributed by atoms with Gasteiger partial charge >= 0.3 is 0 Å². The number of carbonyl (C=O) groups is 1. The third-order valence-electron chi connectivity index (χ3n) is 4.57. The van der Waals surface area contributed by atoms with E-state index in [0.717, 1.165) is 43.2 Å². The molecule has 0 aromatic carbocycles. The number of hydrogen-bond donors (Lipinski definition) is 2. The lowest BCUT2D eigenvalue weighted by Crippen LogP contribution is -2.47. The number of aromatic nitrogens is 1. The summed E-state index contributed by atoms with van der Waals surface area (Å²) in [6, 6.07) is 0. The molecule has 3 rings (SSSR count). The lowest BCUT2D eigenvalue weighted by atomic mass is 9.79. The van der Waals surface area contributed by atoms with Crippen molar-refractivity contribution in [3.8, 4) is 0 Å². The fourth-order valence-electron chi connectivity index (χ4n) is 3.43. The smallest absolute Gasteiger partial charge is 0.227 e. The van der Waals surface area contributed by atoms with Gasteiger partial charge in [0.15, 0.2) is 5.13 Å². The predicted molar refractivity (Wildman–Crippen MR) is 80.7 cm³/mol. The molecular formula is C14H22N4OS. The second-order valence-corrected chi connectivity index (χ2v) is 7.20. The van der Waals surface area contributed by atoms with Gasteiger partial charge in [-0.15, -0.1) is 11.3 Å². The van der Waals surface area contributed by atoms with Crippen LogP contribution in [0, 0.1) is 12.3 Å². The summed E-state index contributed by atoms with van der Waals surface area (Å²) in [5, 5.41) is 4.00. The number of nitrogen functional groups attached to an aromatic ring is 1. The van der Waals surface area contributed by atoms with Crippen molar-refractivity contribution in [3.63, 3.8) is 0 Å². The third kappa shape index (κ3) is 2.67. The number of carbonyl (C=O) groups excluding carboxylic acids is 1. The maximum absolute atomic E-state index is 12.5. The SMILES string of the molecule is Cc1nc(N)sc1CC(=O)N1CCC[C@]2(CCNC2)C1. The van der Waals surface area contributed by atoms with Crippen molar-refractivity contribution >= 4 is 22.4 Å². The summed E-state index contributed by atoms with van der Waals surface area (Å²) in [4.78, 5) is 19.8. The second-order valence-electron chi connectivity index (χ2n) is 6.08. The predicted octanol–water partition coefficient (Wildman–Crippen LogP) is 1.18. The first kappa shape index (κ1) is 13.8. The number of anilines is 1. The molecule has 1 spiro atoms. The number of aryl methyl sites for hydroxylation is 1. The zero-order valence-electron chi connectivity index (χ0n) is 11.9. The lowest BCUT2D eigenvalue weighted by Gasteiger charge is -2.40. The van der Waals surface area contributed by atoms with Crippen LogP contribution in [0.15, 0.2) is 0 Å². The highest BCUT2D eigenvalue weighted by atomic mass is 32.1. The summed E-state index contributed by atoms with van der Waals surface area (Å²) in [5.74, 6) is 0.225. The highest BCUT2D eigenvalue weighted by molar-refractivity contribution is 7.15. The first-order valence-corrected chi connectivity index (χ1v) is 8.10. The molecule has 0 radical (unpaired) electrons. The molecule has 2 aliphatic heterocycles. The number of rotatable bonds is 2. The number of nitrogens with zero attached hydrogens (tertiary/aromatic N) is 2. The molecule has 5 nitrogen and oxygen atoms in total. The average molecular weight is 294 g/mol. The topological polar surface area (TPSA) is 71.2 Å². The van der Waals surface area contributed by atoms with Crippen LogP contribution in [0.5, 0.6) is 0 Å². The summed E-state index contributed by atoms with van der Waals surface area (Å²) in [7, 11) is 0. The Bertz CT molecular complexity index is 507. The summed E-state index contributed by atoms with van der Waals surface area (Å²) in [6.07, 6.45) is 4.01. The maximum Gasteiger partial charge on any atom is 0.227 e. The van der Waals surface area contributed by atoms with Crippen LogP contribution in [0.2, 0.25) is 0 Å². The van der Waals surface area contributed by atoms with E-state index in [1.807, 2.05) is 11.8 Å². The van der Waals surface area contributed by atoms with E-state index in [4.69, 9.17) is 5.73 Å². The summed E-state index contributed by atoms with van der Waals surface area (Å²) >= 11 is 1.44. The van der Waals surface area contributed by atoms with Gasteiger partial charge in [-0.1, -0.05) is 0 Å². The van der Waals surface area contributed by atoms with Crippen molar-refractivity contribution in [2.45, 2.75) is 32.6 Å². The molecule has 2 saturated heterocycles. The zero-order valence-corrected chi connectivity index (χ0v) is 12.8. The number of thiazole rings is 1. The second kappa shape index (κ2) is 5.33. The van der Waals surface area contributed by atoms with Crippen LogP contribution in [-0.2, 0) is 11.2 Å². The van der Waals surface area contributed by atoms with Crippen molar-refractivity contribution in [1.82, 2.24) is 15.2 Å². The van der Waals surface area contributed by atoms with Gasteiger partial charge in [-0.3, -0.25) is 4.79 Å². The molecule has 0 bridgehead atoms. The summed E-state index contributed by atoms with van der Waals surface area (Å²) < 4.78 is 0. The Balaban J connectivity index is 1.66. The van der Waals surface area contributed by atoms with Crippen LogP contribution in [-0.4, -0.2) is 42.0 Å². The van der Waals surface area contributed by atoms with Crippen molar-refractivity contribution < 1.29 is 4.79 Å². The minimum atomic E-state index is 0.225. The molecule has 1 amide bonds. The van der Waals surface area contributed by atoms with E-state index in [-0.39, 0.29) is 5.91 Å². The van der Waals surface area contributed by atoms with Gasteiger partial charge in [0.25, 0.3) is 0 Å². The molecular weight excluding hydrogens is 272 g/mol. The summed E-state index contributed by atoms with van der Waals surface area (Å²) in [6.45, 7) is 5.88. The Morgan fingerprint density at radius 1 is 1.55 bits per heavy atom. The van der Waals surface area contributed by atoms with Crippen molar-refractivity contribution in [2.24, 2.45) is 5.41 Å². The van der Waals surface area contributed by atoms with Crippen LogP contribution in [0.25, 0.3) is 0 Å². The van der Waals surface area contributed by atoms with E-state index in [9.17, 15) is 4.79 Å². The van der Waals surface area contributed by atoms with Crippen molar-refractivity contribution in [3.05, 3.63) is 10.6 Å². The molecule has 0 unspecified atom stereocenters. The Morgan fingerprint density at radius 3 is 3.05 bits per heavy atom. The Hall–Kier alpha value is -1.14. The number of likely N-dealkylation sites (tertiary alicyclic amines) is 1. The van der Waals surface area contributed by atoms with Gasteiger partial charge in [-0.2, -0.15) is 0 Å².